The van der Waals surface area contributed by atoms with Crippen LogP contribution in [0, 0.1) is 13.8 Å². The fraction of sp³-hybridized carbons (Fsp3) is 0.556. The molecule has 7 nitrogen and oxygen atoms in total. The van der Waals surface area contributed by atoms with E-state index in [9.17, 15) is 18.0 Å². The van der Waals surface area contributed by atoms with E-state index in [1.807, 2.05) is 24.0 Å². The van der Waals surface area contributed by atoms with Gasteiger partial charge in [-0.3, -0.25) is 14.5 Å². The summed E-state index contributed by atoms with van der Waals surface area (Å²) >= 11 is 1.26. The molecule has 0 aromatic heterocycles. The highest BCUT2D eigenvalue weighted by molar-refractivity contribution is 8.14. The zero-order valence-corrected chi connectivity index (χ0v) is 17.2. The molecule has 0 bridgehead atoms. The first-order valence-corrected chi connectivity index (χ1v) is 11.5. The van der Waals surface area contributed by atoms with Crippen molar-refractivity contribution in [1.82, 2.24) is 14.5 Å². The molecule has 1 atom stereocenters. The van der Waals surface area contributed by atoms with E-state index in [0.29, 0.717) is 37.5 Å². The number of aryl methyl sites for hydroxylation is 2. The first-order valence-electron chi connectivity index (χ1n) is 9.03. The number of nitrogens with one attached hydrogen (secondary N) is 1. The number of carbonyl (C=O) groups is 2. The number of thioether (sulfide) groups is 1. The second-order valence-electron chi connectivity index (χ2n) is 7.03. The maximum absolute atomic E-state index is 12.9. The first kappa shape index (κ1) is 20.3. The van der Waals surface area contributed by atoms with Crippen molar-refractivity contribution in [3.05, 3.63) is 29.3 Å². The van der Waals surface area contributed by atoms with Gasteiger partial charge >= 0.3 is 0 Å². The van der Waals surface area contributed by atoms with Gasteiger partial charge in [-0.2, -0.15) is 4.31 Å². The summed E-state index contributed by atoms with van der Waals surface area (Å²) in [5.41, 5.74) is 1.65. The summed E-state index contributed by atoms with van der Waals surface area (Å²) in [4.78, 5) is 26.0. The van der Waals surface area contributed by atoms with Crippen LogP contribution in [-0.2, 0) is 19.6 Å². The number of sulfonamides is 1. The highest BCUT2D eigenvalue weighted by Crippen LogP contribution is 2.22. The molecule has 0 spiro atoms. The van der Waals surface area contributed by atoms with Gasteiger partial charge in [0.25, 0.3) is 0 Å². The Labute approximate surface area is 164 Å². The number of hydrogen-bond acceptors (Lipinski definition) is 6. The number of rotatable bonds is 5. The largest absolute Gasteiger partial charge is 0.344 e. The topological polar surface area (TPSA) is 86.8 Å². The van der Waals surface area contributed by atoms with Crippen molar-refractivity contribution in [2.75, 3.05) is 38.5 Å². The summed E-state index contributed by atoms with van der Waals surface area (Å²) in [6, 6.07) is 5.05. The van der Waals surface area contributed by atoms with Gasteiger partial charge in [0.05, 0.1) is 17.5 Å². The van der Waals surface area contributed by atoms with E-state index in [4.69, 9.17) is 0 Å². The highest BCUT2D eigenvalue weighted by atomic mass is 32.2. The summed E-state index contributed by atoms with van der Waals surface area (Å²) in [5, 5.41) is 2.80. The van der Waals surface area contributed by atoms with E-state index in [-0.39, 0.29) is 23.6 Å². The van der Waals surface area contributed by atoms with Crippen LogP contribution in [0.15, 0.2) is 23.1 Å². The van der Waals surface area contributed by atoms with E-state index in [2.05, 4.69) is 5.32 Å². The van der Waals surface area contributed by atoms with Crippen LogP contribution >= 0.6 is 11.8 Å². The van der Waals surface area contributed by atoms with Crippen LogP contribution in [0.25, 0.3) is 0 Å². The summed E-state index contributed by atoms with van der Waals surface area (Å²) in [7, 11) is -3.53. The molecule has 2 fully saturated rings. The van der Waals surface area contributed by atoms with Crippen LogP contribution in [0.5, 0.6) is 0 Å². The van der Waals surface area contributed by atoms with Gasteiger partial charge in [-0.1, -0.05) is 23.9 Å². The number of benzene rings is 1. The Morgan fingerprint density at radius 2 is 1.93 bits per heavy atom. The molecular weight excluding hydrogens is 386 g/mol. The number of piperazine rings is 1. The molecule has 3 rings (SSSR count). The van der Waals surface area contributed by atoms with Gasteiger partial charge < -0.3 is 5.32 Å². The molecule has 2 aliphatic rings. The smallest absolute Gasteiger partial charge is 0.243 e. The van der Waals surface area contributed by atoms with E-state index in [1.165, 1.54) is 16.1 Å². The Hall–Kier alpha value is -1.42. The van der Waals surface area contributed by atoms with E-state index in [1.54, 1.807) is 13.0 Å². The lowest BCUT2D eigenvalue weighted by molar-refractivity contribution is -0.125. The zero-order valence-electron chi connectivity index (χ0n) is 15.6. The summed E-state index contributed by atoms with van der Waals surface area (Å²) < 4.78 is 27.4. The molecule has 148 valence electrons. The van der Waals surface area contributed by atoms with Gasteiger partial charge in [0, 0.05) is 31.9 Å². The van der Waals surface area contributed by atoms with Crippen molar-refractivity contribution in [3.8, 4) is 0 Å². The zero-order chi connectivity index (χ0) is 19.6. The molecule has 2 heterocycles. The second kappa shape index (κ2) is 8.30. The number of amides is 1. The van der Waals surface area contributed by atoms with Gasteiger partial charge in [-0.05, 0) is 37.5 Å². The Bertz CT molecular complexity index is 833. The maximum atomic E-state index is 12.9. The third kappa shape index (κ3) is 4.71. The fourth-order valence-electron chi connectivity index (χ4n) is 3.32. The minimum absolute atomic E-state index is 0.0211. The predicted molar refractivity (Wildman–Crippen MR) is 105 cm³/mol. The molecule has 0 aliphatic carbocycles. The van der Waals surface area contributed by atoms with Crippen molar-refractivity contribution in [1.29, 1.82) is 0 Å². The van der Waals surface area contributed by atoms with Crippen LogP contribution in [-0.4, -0.2) is 73.2 Å². The monoisotopic (exact) mass is 411 g/mol. The van der Waals surface area contributed by atoms with Gasteiger partial charge in [0.2, 0.25) is 21.0 Å². The summed E-state index contributed by atoms with van der Waals surface area (Å²) in [6.07, 6.45) is 0.678. The highest BCUT2D eigenvalue weighted by Gasteiger charge is 2.31. The standard InChI is InChI=1S/C18H25N3O4S2/c1-13-3-4-14(2)16(11-13)27(24,25)21-8-6-20(7-9-21)12-17(22)19-15-5-10-26-18(15)23/h3-4,11,15H,5-10,12H2,1-2H3,(H,19,22)/t15-/m1/s1. The average molecular weight is 412 g/mol. The van der Waals surface area contributed by atoms with Gasteiger partial charge in [-0.25, -0.2) is 8.42 Å². The average Bonchev–Trinajstić information content (AvgIpc) is 3.02. The second-order valence-corrected chi connectivity index (χ2v) is 10.0. The fourth-order valence-corrected chi connectivity index (χ4v) is 5.99. The Kier molecular flexibility index (Phi) is 6.25. The van der Waals surface area contributed by atoms with Crippen LogP contribution in [0.4, 0.5) is 0 Å². The Morgan fingerprint density at radius 3 is 2.56 bits per heavy atom. The molecule has 1 aromatic carbocycles. The third-order valence-electron chi connectivity index (χ3n) is 4.93. The first-order chi connectivity index (χ1) is 12.8. The minimum atomic E-state index is -3.53. The quantitative estimate of drug-likeness (QED) is 0.770. The lowest BCUT2D eigenvalue weighted by atomic mass is 10.2. The number of nitrogens with zero attached hydrogens (tertiary/aromatic N) is 2. The number of carbonyl (C=O) groups excluding carboxylic acids is 2. The molecule has 1 aromatic rings. The Morgan fingerprint density at radius 1 is 1.22 bits per heavy atom. The van der Waals surface area contributed by atoms with Crippen LogP contribution in [0.1, 0.15) is 17.5 Å². The molecule has 1 amide bonds. The van der Waals surface area contributed by atoms with Crippen molar-refractivity contribution >= 4 is 32.8 Å². The molecular formula is C18H25N3O4S2. The molecule has 27 heavy (non-hydrogen) atoms. The van der Waals surface area contributed by atoms with Crippen LogP contribution < -0.4 is 5.32 Å². The Balaban J connectivity index is 1.56. The van der Waals surface area contributed by atoms with Crippen molar-refractivity contribution < 1.29 is 18.0 Å². The molecule has 2 aliphatic heterocycles. The van der Waals surface area contributed by atoms with Gasteiger partial charge in [-0.15, -0.1) is 0 Å². The van der Waals surface area contributed by atoms with E-state index in [0.717, 1.165) is 16.9 Å². The lowest BCUT2D eigenvalue weighted by Crippen LogP contribution is -2.52. The third-order valence-corrected chi connectivity index (χ3v) is 7.98. The molecule has 9 heteroatoms. The molecule has 2 saturated heterocycles. The molecule has 0 unspecified atom stereocenters. The lowest BCUT2D eigenvalue weighted by Gasteiger charge is -2.34. The summed E-state index contributed by atoms with van der Waals surface area (Å²) in [6.45, 7) is 5.54. The van der Waals surface area contributed by atoms with E-state index < -0.39 is 10.0 Å². The van der Waals surface area contributed by atoms with Crippen molar-refractivity contribution in [3.63, 3.8) is 0 Å². The van der Waals surface area contributed by atoms with Gasteiger partial charge in [0.1, 0.15) is 0 Å². The van der Waals surface area contributed by atoms with Crippen LogP contribution in [0.2, 0.25) is 0 Å². The molecule has 0 radical (unpaired) electrons. The van der Waals surface area contributed by atoms with Gasteiger partial charge in [0.15, 0.2) is 0 Å². The van der Waals surface area contributed by atoms with Crippen molar-refractivity contribution in [2.24, 2.45) is 0 Å². The van der Waals surface area contributed by atoms with Crippen LogP contribution in [0.3, 0.4) is 0 Å². The number of hydrogen-bond donors (Lipinski definition) is 1. The summed E-state index contributed by atoms with van der Waals surface area (Å²) in [5.74, 6) is 0.570. The predicted octanol–water partition coefficient (Wildman–Crippen LogP) is 0.758. The molecule has 1 N–H and O–H groups in total. The SMILES string of the molecule is Cc1ccc(C)c(S(=O)(=O)N2CCN(CC(=O)N[C@@H]3CCSC3=O)CC2)c1. The maximum Gasteiger partial charge on any atom is 0.243 e. The minimum Gasteiger partial charge on any atom is -0.344 e. The molecule has 0 saturated carbocycles. The van der Waals surface area contributed by atoms with E-state index >= 15 is 0 Å². The normalized spacial score (nSPS) is 22.1. The van der Waals surface area contributed by atoms with Crippen molar-refractivity contribution in [2.45, 2.75) is 31.2 Å².